The van der Waals surface area contributed by atoms with E-state index in [1.165, 1.54) is 0 Å². The van der Waals surface area contributed by atoms with E-state index in [4.69, 9.17) is 10.8 Å². The summed E-state index contributed by atoms with van der Waals surface area (Å²) in [5.41, 5.74) is 5.83. The number of carboxylic acid groups (broad SMARTS) is 1. The van der Waals surface area contributed by atoms with E-state index in [1.54, 1.807) is 0 Å². The average Bonchev–Trinajstić information content (AvgIpc) is 2.34. The molecule has 0 aromatic carbocycles. The van der Waals surface area contributed by atoms with Crippen molar-refractivity contribution in [1.29, 1.82) is 0 Å². The molecule has 124 valence electrons. The van der Waals surface area contributed by atoms with Crippen LogP contribution >= 0.6 is 0 Å². The fraction of sp³-hybridized carbons (Fsp3) is 0.875. The van der Waals surface area contributed by atoms with Gasteiger partial charge in [-0.15, -0.1) is 0 Å². The van der Waals surface area contributed by atoms with Gasteiger partial charge in [-0.25, -0.2) is 0 Å². The van der Waals surface area contributed by atoms with Crippen molar-refractivity contribution in [3.05, 3.63) is 0 Å². The maximum Gasteiger partial charge on any atom is 0.303 e. The first-order chi connectivity index (χ1) is 9.76. The third kappa shape index (κ3) is 10.3. The topological polar surface area (TPSA) is 92.4 Å². The summed E-state index contributed by atoms with van der Waals surface area (Å²) in [7, 11) is 0. The number of nitrogens with two attached hydrogens (primary N) is 1. The summed E-state index contributed by atoms with van der Waals surface area (Å²) in [5, 5.41) is 11.8. The fourth-order valence-corrected chi connectivity index (χ4v) is 2.66. The molecule has 21 heavy (non-hydrogen) atoms. The zero-order valence-corrected chi connectivity index (χ0v) is 13.9. The number of hydrogen-bond donors (Lipinski definition) is 3. The highest BCUT2D eigenvalue weighted by Crippen LogP contribution is 2.19. The number of carboxylic acids is 1. The van der Waals surface area contributed by atoms with Crippen LogP contribution in [0.25, 0.3) is 0 Å². The van der Waals surface area contributed by atoms with Crippen LogP contribution in [0.2, 0.25) is 0 Å². The van der Waals surface area contributed by atoms with Crippen molar-refractivity contribution in [1.82, 2.24) is 5.32 Å². The van der Waals surface area contributed by atoms with E-state index in [0.29, 0.717) is 24.8 Å². The Morgan fingerprint density at radius 1 is 1.19 bits per heavy atom. The standard InChI is InChI=1S/C16H32N2O3/c1-5-6-12(4)8-13(9-15(19)20)10-18-16(21)14(17)7-11(2)3/h11-14H,5-10,17H2,1-4H3,(H,18,21)(H,19,20)/t12?,13?,14-/m0/s1. The monoisotopic (exact) mass is 300 g/mol. The molecule has 0 aromatic heterocycles. The van der Waals surface area contributed by atoms with Gasteiger partial charge in [-0.05, 0) is 30.6 Å². The number of carbonyl (C=O) groups is 2. The zero-order chi connectivity index (χ0) is 16.4. The molecule has 0 aliphatic heterocycles. The Balaban J connectivity index is 4.33. The quantitative estimate of drug-likeness (QED) is 0.546. The first kappa shape index (κ1) is 19.9. The Morgan fingerprint density at radius 2 is 1.81 bits per heavy atom. The summed E-state index contributed by atoms with van der Waals surface area (Å²) < 4.78 is 0. The predicted octanol–water partition coefficient (Wildman–Crippen LogP) is 2.39. The lowest BCUT2D eigenvalue weighted by molar-refractivity contribution is -0.138. The van der Waals surface area contributed by atoms with Crippen molar-refractivity contribution in [2.75, 3.05) is 6.54 Å². The minimum Gasteiger partial charge on any atom is -0.481 e. The first-order valence-electron chi connectivity index (χ1n) is 8.01. The Bertz CT molecular complexity index is 319. The lowest BCUT2D eigenvalue weighted by atomic mass is 9.90. The number of rotatable bonds is 11. The molecule has 5 heteroatoms. The minimum atomic E-state index is -0.815. The molecule has 0 fully saturated rings. The summed E-state index contributed by atoms with van der Waals surface area (Å²) >= 11 is 0. The van der Waals surface area contributed by atoms with E-state index in [-0.39, 0.29) is 18.2 Å². The van der Waals surface area contributed by atoms with Crippen molar-refractivity contribution >= 4 is 11.9 Å². The lowest BCUT2D eigenvalue weighted by Gasteiger charge is -2.21. The average molecular weight is 300 g/mol. The van der Waals surface area contributed by atoms with Crippen LogP contribution in [0.3, 0.4) is 0 Å². The van der Waals surface area contributed by atoms with Crippen LogP contribution in [0.1, 0.15) is 59.8 Å². The second-order valence-corrected chi connectivity index (χ2v) is 6.57. The molecule has 0 aromatic rings. The summed E-state index contributed by atoms with van der Waals surface area (Å²) in [6.07, 6.45) is 3.72. The van der Waals surface area contributed by atoms with Gasteiger partial charge in [0.15, 0.2) is 0 Å². The van der Waals surface area contributed by atoms with Gasteiger partial charge < -0.3 is 16.2 Å². The molecule has 0 rings (SSSR count). The number of nitrogens with one attached hydrogen (secondary N) is 1. The van der Waals surface area contributed by atoms with Gasteiger partial charge in [0, 0.05) is 13.0 Å². The minimum absolute atomic E-state index is 0.0285. The highest BCUT2D eigenvalue weighted by molar-refractivity contribution is 5.81. The van der Waals surface area contributed by atoms with Crippen LogP contribution < -0.4 is 11.1 Å². The normalized spacial score (nSPS) is 15.5. The van der Waals surface area contributed by atoms with Crippen molar-refractivity contribution in [3.8, 4) is 0 Å². The first-order valence-corrected chi connectivity index (χ1v) is 8.01. The molecule has 0 aliphatic rings. The molecule has 0 aliphatic carbocycles. The maximum absolute atomic E-state index is 11.9. The van der Waals surface area contributed by atoms with E-state index >= 15 is 0 Å². The Kier molecular flexibility index (Phi) is 10.0. The van der Waals surface area contributed by atoms with Gasteiger partial charge in [0.25, 0.3) is 0 Å². The van der Waals surface area contributed by atoms with Crippen LogP contribution in [-0.2, 0) is 9.59 Å². The molecular formula is C16H32N2O3. The van der Waals surface area contributed by atoms with Gasteiger partial charge in [0.2, 0.25) is 5.91 Å². The van der Waals surface area contributed by atoms with E-state index < -0.39 is 12.0 Å². The van der Waals surface area contributed by atoms with E-state index in [0.717, 1.165) is 19.3 Å². The molecule has 5 nitrogen and oxygen atoms in total. The van der Waals surface area contributed by atoms with Crippen molar-refractivity contribution < 1.29 is 14.7 Å². The third-order valence-electron chi connectivity index (χ3n) is 3.61. The van der Waals surface area contributed by atoms with Gasteiger partial charge in [-0.2, -0.15) is 0 Å². The smallest absolute Gasteiger partial charge is 0.303 e. The summed E-state index contributed by atoms with van der Waals surface area (Å²) in [6, 6.07) is -0.511. The Labute approximate surface area is 128 Å². The van der Waals surface area contributed by atoms with Crippen LogP contribution in [0.5, 0.6) is 0 Å². The highest BCUT2D eigenvalue weighted by Gasteiger charge is 2.20. The number of hydrogen-bond acceptors (Lipinski definition) is 3. The zero-order valence-electron chi connectivity index (χ0n) is 13.9. The molecule has 0 spiro atoms. The molecule has 3 atom stereocenters. The van der Waals surface area contributed by atoms with Crippen LogP contribution in [-0.4, -0.2) is 29.6 Å². The second kappa shape index (κ2) is 10.6. The maximum atomic E-state index is 11.9. The van der Waals surface area contributed by atoms with Crippen molar-refractivity contribution in [2.45, 2.75) is 65.8 Å². The van der Waals surface area contributed by atoms with Gasteiger partial charge in [0.1, 0.15) is 0 Å². The predicted molar refractivity (Wildman–Crippen MR) is 84.9 cm³/mol. The SMILES string of the molecule is CCCC(C)CC(CNC(=O)[C@@H](N)CC(C)C)CC(=O)O. The van der Waals surface area contributed by atoms with Crippen molar-refractivity contribution in [3.63, 3.8) is 0 Å². The van der Waals surface area contributed by atoms with Gasteiger partial charge >= 0.3 is 5.97 Å². The largest absolute Gasteiger partial charge is 0.481 e. The third-order valence-corrected chi connectivity index (χ3v) is 3.61. The van der Waals surface area contributed by atoms with E-state index in [1.807, 2.05) is 13.8 Å². The molecule has 0 bridgehead atoms. The van der Waals surface area contributed by atoms with Crippen LogP contribution in [0, 0.1) is 17.8 Å². The highest BCUT2D eigenvalue weighted by atomic mass is 16.4. The molecule has 2 unspecified atom stereocenters. The number of carbonyl (C=O) groups excluding carboxylic acids is 1. The van der Waals surface area contributed by atoms with Crippen molar-refractivity contribution in [2.24, 2.45) is 23.5 Å². The molecule has 0 radical (unpaired) electrons. The Morgan fingerprint density at radius 3 is 2.29 bits per heavy atom. The molecule has 0 saturated carbocycles. The molecule has 0 saturated heterocycles. The van der Waals surface area contributed by atoms with Crippen LogP contribution in [0.4, 0.5) is 0 Å². The van der Waals surface area contributed by atoms with Gasteiger partial charge in [-0.1, -0.05) is 40.5 Å². The molecule has 0 heterocycles. The fourth-order valence-electron chi connectivity index (χ4n) is 2.66. The van der Waals surface area contributed by atoms with Gasteiger partial charge in [-0.3, -0.25) is 9.59 Å². The molecular weight excluding hydrogens is 268 g/mol. The Hall–Kier alpha value is -1.10. The van der Waals surface area contributed by atoms with Gasteiger partial charge in [0.05, 0.1) is 6.04 Å². The van der Waals surface area contributed by atoms with E-state index in [2.05, 4.69) is 19.2 Å². The molecule has 1 amide bonds. The number of aliphatic carboxylic acids is 1. The van der Waals surface area contributed by atoms with E-state index in [9.17, 15) is 9.59 Å². The molecule has 4 N–H and O–H groups in total. The summed E-state index contributed by atoms with van der Waals surface area (Å²) in [4.78, 5) is 22.8. The summed E-state index contributed by atoms with van der Waals surface area (Å²) in [6.45, 7) is 8.69. The second-order valence-electron chi connectivity index (χ2n) is 6.57. The number of amides is 1. The summed E-state index contributed by atoms with van der Waals surface area (Å²) in [5.74, 6) is -0.184. The van der Waals surface area contributed by atoms with Crippen LogP contribution in [0.15, 0.2) is 0 Å². The lowest BCUT2D eigenvalue weighted by Crippen LogP contribution is -2.43.